The molecule has 2 aromatic rings. The Hall–Kier alpha value is -1.60. The van der Waals surface area contributed by atoms with Crippen LogP contribution in [0.3, 0.4) is 0 Å². The Bertz CT molecular complexity index is 719. The van der Waals surface area contributed by atoms with Gasteiger partial charge in [-0.2, -0.15) is 0 Å². The van der Waals surface area contributed by atoms with E-state index in [-0.39, 0.29) is 16.3 Å². The highest BCUT2D eigenvalue weighted by molar-refractivity contribution is 9.10. The molecular weight excluding hydrogens is 335 g/mol. The Kier molecular flexibility index (Phi) is 3.77. The van der Waals surface area contributed by atoms with Gasteiger partial charge in [0.2, 0.25) is 0 Å². The average molecular weight is 345 g/mol. The molecule has 0 aliphatic rings. The number of nitrogens with two attached hydrogens (primary N) is 1. The maximum Gasteiger partial charge on any atom is 0.263 e. The molecule has 0 bridgehead atoms. The third-order valence-corrected chi connectivity index (χ3v) is 4.27. The molecule has 0 aliphatic carbocycles. The standard InChI is InChI=1S/C12H10BrFN2O2S/c13-8-4-5-11(15)12(6-8)19(17,18)16-10-3-1-2-9(14)7-10/h1-7,16H,15H2. The van der Waals surface area contributed by atoms with Crippen molar-refractivity contribution < 1.29 is 12.8 Å². The molecule has 7 heteroatoms. The molecular formula is C12H10BrFN2O2S. The summed E-state index contributed by atoms with van der Waals surface area (Å²) in [5, 5.41) is 0. The predicted molar refractivity (Wildman–Crippen MR) is 75.8 cm³/mol. The van der Waals surface area contributed by atoms with Crippen LogP contribution in [-0.2, 0) is 10.0 Å². The lowest BCUT2D eigenvalue weighted by atomic mass is 10.3. The Balaban J connectivity index is 2.40. The van der Waals surface area contributed by atoms with Crippen molar-refractivity contribution in [2.24, 2.45) is 0 Å². The number of rotatable bonds is 3. The summed E-state index contributed by atoms with van der Waals surface area (Å²) in [5.74, 6) is -0.526. The van der Waals surface area contributed by atoms with Crippen LogP contribution < -0.4 is 10.5 Å². The Labute approximate surface area is 118 Å². The summed E-state index contributed by atoms with van der Waals surface area (Å²) in [6.07, 6.45) is 0. The second-order valence-electron chi connectivity index (χ2n) is 3.80. The van der Waals surface area contributed by atoms with Gasteiger partial charge >= 0.3 is 0 Å². The van der Waals surface area contributed by atoms with Gasteiger partial charge in [0, 0.05) is 4.47 Å². The Morgan fingerprint density at radius 1 is 1.16 bits per heavy atom. The lowest BCUT2D eigenvalue weighted by molar-refractivity contribution is 0.601. The minimum atomic E-state index is -3.85. The van der Waals surface area contributed by atoms with Gasteiger partial charge < -0.3 is 5.73 Å². The van der Waals surface area contributed by atoms with Crippen molar-refractivity contribution in [3.63, 3.8) is 0 Å². The fourth-order valence-corrected chi connectivity index (χ4v) is 3.22. The number of anilines is 2. The van der Waals surface area contributed by atoms with Crippen molar-refractivity contribution in [3.05, 3.63) is 52.8 Å². The van der Waals surface area contributed by atoms with Gasteiger partial charge in [0.25, 0.3) is 10.0 Å². The summed E-state index contributed by atoms with van der Waals surface area (Å²) in [5.41, 5.74) is 5.90. The van der Waals surface area contributed by atoms with Crippen LogP contribution in [-0.4, -0.2) is 8.42 Å². The number of halogens is 2. The number of hydrogen-bond donors (Lipinski definition) is 2. The first-order chi connectivity index (χ1) is 8.88. The first kappa shape index (κ1) is 13.8. The van der Waals surface area contributed by atoms with Gasteiger partial charge in [-0.1, -0.05) is 22.0 Å². The molecule has 19 heavy (non-hydrogen) atoms. The molecule has 0 heterocycles. The van der Waals surface area contributed by atoms with Crippen molar-refractivity contribution in [3.8, 4) is 0 Å². The van der Waals surface area contributed by atoms with Gasteiger partial charge in [-0.05, 0) is 36.4 Å². The van der Waals surface area contributed by atoms with Crippen molar-refractivity contribution >= 4 is 37.3 Å². The van der Waals surface area contributed by atoms with Crippen LogP contribution in [0.25, 0.3) is 0 Å². The third-order valence-electron chi connectivity index (χ3n) is 2.34. The van der Waals surface area contributed by atoms with E-state index in [4.69, 9.17) is 5.73 Å². The first-order valence-corrected chi connectivity index (χ1v) is 7.49. The molecule has 0 radical (unpaired) electrons. The Morgan fingerprint density at radius 3 is 2.58 bits per heavy atom. The smallest absolute Gasteiger partial charge is 0.263 e. The van der Waals surface area contributed by atoms with Crippen molar-refractivity contribution in [2.75, 3.05) is 10.5 Å². The van der Waals surface area contributed by atoms with Crippen LogP contribution in [0.2, 0.25) is 0 Å². The fourth-order valence-electron chi connectivity index (χ4n) is 1.50. The van der Waals surface area contributed by atoms with Crippen molar-refractivity contribution in [1.29, 1.82) is 0 Å². The van der Waals surface area contributed by atoms with Crippen LogP contribution in [0.15, 0.2) is 51.8 Å². The normalized spacial score (nSPS) is 11.3. The van der Waals surface area contributed by atoms with Crippen LogP contribution in [0, 0.1) is 5.82 Å². The van der Waals surface area contributed by atoms with Gasteiger partial charge in [-0.25, -0.2) is 12.8 Å². The number of nitrogens with one attached hydrogen (secondary N) is 1. The molecule has 100 valence electrons. The molecule has 0 aromatic heterocycles. The van der Waals surface area contributed by atoms with E-state index in [2.05, 4.69) is 20.7 Å². The number of sulfonamides is 1. The molecule has 2 rings (SSSR count). The van der Waals surface area contributed by atoms with Gasteiger partial charge in [-0.3, -0.25) is 4.72 Å². The molecule has 0 amide bonds. The largest absolute Gasteiger partial charge is 0.398 e. The number of hydrogen-bond acceptors (Lipinski definition) is 3. The van der Waals surface area contributed by atoms with Crippen LogP contribution in [0.1, 0.15) is 0 Å². The van der Waals surface area contributed by atoms with E-state index in [1.165, 1.54) is 30.3 Å². The summed E-state index contributed by atoms with van der Waals surface area (Å²) in [4.78, 5) is -0.0638. The fraction of sp³-hybridized carbons (Fsp3) is 0. The monoisotopic (exact) mass is 344 g/mol. The number of nitrogen functional groups attached to an aromatic ring is 1. The van der Waals surface area contributed by atoms with Crippen LogP contribution in [0.5, 0.6) is 0 Å². The quantitative estimate of drug-likeness (QED) is 0.840. The highest BCUT2D eigenvalue weighted by Crippen LogP contribution is 2.25. The van der Waals surface area contributed by atoms with E-state index in [0.29, 0.717) is 4.47 Å². The zero-order chi connectivity index (χ0) is 14.0. The second-order valence-corrected chi connectivity index (χ2v) is 6.36. The summed E-state index contributed by atoms with van der Waals surface area (Å²) in [7, 11) is -3.85. The Morgan fingerprint density at radius 2 is 1.89 bits per heavy atom. The SMILES string of the molecule is Nc1ccc(Br)cc1S(=O)(=O)Nc1cccc(F)c1. The average Bonchev–Trinajstić information content (AvgIpc) is 2.31. The maximum atomic E-state index is 13.0. The van der Waals surface area contributed by atoms with Crippen LogP contribution in [0.4, 0.5) is 15.8 Å². The molecule has 0 aliphatic heterocycles. The molecule has 0 saturated carbocycles. The molecule has 0 spiro atoms. The predicted octanol–water partition coefficient (Wildman–Crippen LogP) is 2.97. The molecule has 0 fully saturated rings. The molecule has 2 aromatic carbocycles. The summed E-state index contributed by atoms with van der Waals surface area (Å²) in [6.45, 7) is 0. The summed E-state index contributed by atoms with van der Waals surface area (Å²) < 4.78 is 40.2. The van der Waals surface area contributed by atoms with Gasteiger partial charge in [0.05, 0.1) is 11.4 Å². The zero-order valence-corrected chi connectivity index (χ0v) is 12.0. The highest BCUT2D eigenvalue weighted by Gasteiger charge is 2.18. The highest BCUT2D eigenvalue weighted by atomic mass is 79.9. The van der Waals surface area contributed by atoms with Gasteiger partial charge in [-0.15, -0.1) is 0 Å². The third kappa shape index (κ3) is 3.24. The van der Waals surface area contributed by atoms with Crippen molar-refractivity contribution in [1.82, 2.24) is 0 Å². The lowest BCUT2D eigenvalue weighted by Gasteiger charge is -2.10. The lowest BCUT2D eigenvalue weighted by Crippen LogP contribution is -2.14. The second kappa shape index (κ2) is 5.18. The van der Waals surface area contributed by atoms with E-state index in [1.54, 1.807) is 6.07 Å². The maximum absolute atomic E-state index is 13.0. The summed E-state index contributed by atoms with van der Waals surface area (Å²) >= 11 is 3.18. The van der Waals surface area contributed by atoms with Gasteiger partial charge in [0.1, 0.15) is 10.7 Å². The van der Waals surface area contributed by atoms with Crippen molar-refractivity contribution in [2.45, 2.75) is 4.90 Å². The van der Waals surface area contributed by atoms with E-state index in [1.807, 2.05) is 0 Å². The van der Waals surface area contributed by atoms with Gasteiger partial charge in [0.15, 0.2) is 0 Å². The molecule has 3 N–H and O–H groups in total. The minimum Gasteiger partial charge on any atom is -0.398 e. The van der Waals surface area contributed by atoms with E-state index >= 15 is 0 Å². The molecule has 0 saturated heterocycles. The molecule has 0 unspecified atom stereocenters. The van der Waals surface area contributed by atoms with Crippen LogP contribution >= 0.6 is 15.9 Å². The summed E-state index contributed by atoms with van der Waals surface area (Å²) in [6, 6.07) is 9.68. The minimum absolute atomic E-state index is 0.0638. The first-order valence-electron chi connectivity index (χ1n) is 5.22. The van der Waals surface area contributed by atoms with E-state index in [9.17, 15) is 12.8 Å². The molecule has 0 atom stereocenters. The topological polar surface area (TPSA) is 72.2 Å². The van der Waals surface area contributed by atoms with E-state index in [0.717, 1.165) is 6.07 Å². The molecule has 4 nitrogen and oxygen atoms in total. The van der Waals surface area contributed by atoms with E-state index < -0.39 is 15.8 Å². The zero-order valence-electron chi connectivity index (χ0n) is 9.60. The number of benzene rings is 2.